The summed E-state index contributed by atoms with van der Waals surface area (Å²) in [5.41, 5.74) is 2.94. The summed E-state index contributed by atoms with van der Waals surface area (Å²) in [5, 5.41) is 30.3. The number of anilines is 2. The number of nitrogens with one attached hydrogen (secondary N) is 2. The maximum atomic E-state index is 14.2. The highest BCUT2D eigenvalue weighted by Crippen LogP contribution is 2.45. The van der Waals surface area contributed by atoms with Crippen molar-refractivity contribution >= 4 is 60.8 Å². The van der Waals surface area contributed by atoms with Crippen LogP contribution in [0.5, 0.6) is 11.5 Å². The number of ether oxygens (including phenoxy) is 5. The van der Waals surface area contributed by atoms with Gasteiger partial charge in [-0.2, -0.15) is 4.31 Å². The lowest BCUT2D eigenvalue weighted by atomic mass is 9.76. The van der Waals surface area contributed by atoms with E-state index in [9.17, 15) is 33.0 Å². The smallest absolute Gasteiger partial charge is 0.407 e. The molecule has 2 amide bonds. The van der Waals surface area contributed by atoms with Gasteiger partial charge in [-0.05, 0) is 121 Å². The molecule has 3 aliphatic heterocycles. The third-order valence-corrected chi connectivity index (χ3v) is 17.7. The standard InChI is InChI=1S/C55H66N4O12S2/c1-33(2)29-59(73(65,66)40-17-15-38(67-6)16-18-40)31-45(60)44(56-53(64)71-47-32-69-55(5)43(47)21-24-68-55)25-34-11-13-37(14-12-34)58-23-20-39(30-58)70-46-27-36-10-8-7-9-35(36)26-41(46)50(61)57-51-49(52(62)63)42-28-54(3,4)22-19-48(42)72-51/h7-18,26-27,33,39,43-45,47,60H,19-25,28-32H2,1-6H3,(H,56,64)(H,57,61)(H,62,63)/t39-,43-,44-,45+,47-,55+/m0/s1. The number of hydrogen-bond acceptors (Lipinski definition) is 13. The lowest BCUT2D eigenvalue weighted by molar-refractivity contribution is -0.181. The number of benzene rings is 4. The van der Waals surface area contributed by atoms with Crippen molar-refractivity contribution < 1.29 is 56.7 Å². The number of carboxylic acid groups (broad SMARTS) is 1. The monoisotopic (exact) mass is 1040 g/mol. The minimum atomic E-state index is -4.08. The molecule has 73 heavy (non-hydrogen) atoms. The molecule has 5 aromatic rings. The Balaban J connectivity index is 0.904. The average Bonchev–Trinajstić information content (AvgIpc) is 4.14. The SMILES string of the molecule is COc1ccc(S(=O)(=O)N(CC(C)C)C[C@@H](O)[C@H](Cc2ccc(N3CC[C@H](Oc4cc5ccccc5cc4C(=O)Nc4sc5c(c4C(=O)O)CC(C)(C)CC5)C3)cc2)NC(=O)O[C@H]2CO[C@@]3(C)OCC[C@@H]23)cc1. The number of carbonyl (C=O) groups excluding carboxylic acids is 2. The van der Waals surface area contributed by atoms with Crippen LogP contribution in [-0.4, -0.2) is 118 Å². The Morgan fingerprint density at radius 3 is 2.38 bits per heavy atom. The van der Waals surface area contributed by atoms with Crippen LogP contribution in [-0.2, 0) is 43.5 Å². The number of alkyl carbamates (subject to hydrolysis) is 1. The average molecular weight is 1040 g/mol. The molecule has 16 nitrogen and oxygen atoms in total. The number of aromatic carboxylic acids is 1. The zero-order valence-corrected chi connectivity index (χ0v) is 43.9. The Kier molecular flexibility index (Phi) is 15.2. The van der Waals surface area contributed by atoms with E-state index < -0.39 is 52.0 Å². The molecule has 4 N–H and O–H groups in total. The zero-order chi connectivity index (χ0) is 51.8. The minimum Gasteiger partial charge on any atom is -0.497 e. The Bertz CT molecular complexity index is 2940. The van der Waals surface area contributed by atoms with Gasteiger partial charge in [0.1, 0.15) is 28.7 Å². The van der Waals surface area contributed by atoms with Crippen LogP contribution >= 0.6 is 11.3 Å². The first-order chi connectivity index (χ1) is 34.8. The fraction of sp³-hybridized carbons (Fsp3) is 0.473. The normalized spacial score (nSPS) is 22.2. The van der Waals surface area contributed by atoms with Gasteiger partial charge in [-0.1, -0.05) is 64.1 Å². The summed E-state index contributed by atoms with van der Waals surface area (Å²) >= 11 is 1.34. The molecule has 9 rings (SSSR count). The summed E-state index contributed by atoms with van der Waals surface area (Å²) < 4.78 is 59.0. The molecule has 0 spiro atoms. The Morgan fingerprint density at radius 2 is 1.68 bits per heavy atom. The number of methoxy groups -OCH3 is 1. The fourth-order valence-electron chi connectivity index (χ4n) is 10.7. The van der Waals surface area contributed by atoms with Crippen LogP contribution in [0.3, 0.4) is 0 Å². The Labute approximate surface area is 431 Å². The lowest BCUT2D eigenvalue weighted by Crippen LogP contribution is -2.51. The number of aryl methyl sites for hydroxylation is 1. The number of amides is 2. The molecule has 4 heterocycles. The minimum absolute atomic E-state index is 0.0396. The molecular formula is C55H66N4O12S2. The predicted octanol–water partition coefficient (Wildman–Crippen LogP) is 8.53. The molecule has 18 heteroatoms. The maximum absolute atomic E-state index is 14.2. The second-order valence-electron chi connectivity index (χ2n) is 21.1. The molecule has 4 aromatic carbocycles. The van der Waals surface area contributed by atoms with Gasteiger partial charge in [-0.3, -0.25) is 4.79 Å². The molecule has 390 valence electrons. The van der Waals surface area contributed by atoms with Crippen LogP contribution in [0.1, 0.15) is 90.6 Å². The number of aliphatic hydroxyl groups is 1. The van der Waals surface area contributed by atoms with E-state index in [1.807, 2.05) is 75.4 Å². The van der Waals surface area contributed by atoms with Crippen molar-refractivity contribution in [2.75, 3.05) is 56.7 Å². The van der Waals surface area contributed by atoms with Gasteiger partial charge in [-0.15, -0.1) is 11.3 Å². The molecule has 6 atom stereocenters. The molecule has 0 radical (unpaired) electrons. The highest BCUT2D eigenvalue weighted by molar-refractivity contribution is 7.89. The molecule has 0 unspecified atom stereocenters. The van der Waals surface area contributed by atoms with E-state index in [0.29, 0.717) is 61.0 Å². The third-order valence-electron chi connectivity index (χ3n) is 14.7. The van der Waals surface area contributed by atoms with Gasteiger partial charge in [0.25, 0.3) is 5.91 Å². The van der Waals surface area contributed by atoms with Crippen LogP contribution in [0.25, 0.3) is 10.8 Å². The molecule has 3 saturated heterocycles. The van der Waals surface area contributed by atoms with Crippen LogP contribution < -0.4 is 25.0 Å². The molecule has 1 aliphatic carbocycles. The topological polar surface area (TPSA) is 202 Å². The summed E-state index contributed by atoms with van der Waals surface area (Å²) in [6, 6.07) is 24.3. The summed E-state index contributed by atoms with van der Waals surface area (Å²) in [4.78, 5) is 43.8. The summed E-state index contributed by atoms with van der Waals surface area (Å²) in [6.45, 7) is 11.6. The number of nitrogens with zero attached hydrogens (tertiary/aromatic N) is 2. The Hall–Kier alpha value is -5.76. The van der Waals surface area contributed by atoms with Crippen LogP contribution in [0.2, 0.25) is 0 Å². The van der Waals surface area contributed by atoms with E-state index in [1.165, 1.54) is 34.9 Å². The number of carboxylic acids is 1. The van der Waals surface area contributed by atoms with Crippen molar-refractivity contribution in [2.45, 2.75) is 108 Å². The summed E-state index contributed by atoms with van der Waals surface area (Å²) in [7, 11) is -2.57. The first-order valence-corrected chi connectivity index (χ1v) is 27.3. The first-order valence-electron chi connectivity index (χ1n) is 25.1. The zero-order valence-electron chi connectivity index (χ0n) is 42.2. The quantitative estimate of drug-likeness (QED) is 0.0651. The number of sulfonamides is 1. The first kappa shape index (κ1) is 52.1. The molecule has 4 aliphatic rings. The number of hydrogen-bond donors (Lipinski definition) is 4. The lowest BCUT2D eigenvalue weighted by Gasteiger charge is -2.31. The summed E-state index contributed by atoms with van der Waals surface area (Å²) in [6.07, 6.45) is 0.860. The van der Waals surface area contributed by atoms with Crippen molar-refractivity contribution in [2.24, 2.45) is 17.3 Å². The molecule has 0 saturated carbocycles. The number of rotatable bonds is 18. The van der Waals surface area contributed by atoms with E-state index in [4.69, 9.17) is 23.7 Å². The largest absolute Gasteiger partial charge is 0.497 e. The van der Waals surface area contributed by atoms with Crippen LogP contribution in [0.4, 0.5) is 15.5 Å². The van der Waals surface area contributed by atoms with Gasteiger partial charge < -0.3 is 49.4 Å². The van der Waals surface area contributed by atoms with Crippen LogP contribution in [0.15, 0.2) is 89.8 Å². The predicted molar refractivity (Wildman–Crippen MR) is 279 cm³/mol. The van der Waals surface area contributed by atoms with Gasteiger partial charge in [0.05, 0.1) is 61.0 Å². The summed E-state index contributed by atoms with van der Waals surface area (Å²) in [5.74, 6) is -1.66. The number of carbonyl (C=O) groups is 3. The van der Waals surface area contributed by atoms with E-state index in [2.05, 4.69) is 29.4 Å². The van der Waals surface area contributed by atoms with E-state index in [0.717, 1.165) is 45.3 Å². The van der Waals surface area contributed by atoms with Crippen molar-refractivity contribution in [3.8, 4) is 11.5 Å². The number of thiophene rings is 1. The van der Waals surface area contributed by atoms with E-state index in [-0.39, 0.29) is 59.9 Å². The second kappa shape index (κ2) is 21.2. The molecular weight excluding hydrogens is 973 g/mol. The molecule has 3 fully saturated rings. The van der Waals surface area contributed by atoms with Gasteiger partial charge in [-0.25, -0.2) is 18.0 Å². The Morgan fingerprint density at radius 1 is 0.959 bits per heavy atom. The third kappa shape index (κ3) is 11.5. The van der Waals surface area contributed by atoms with Gasteiger partial charge in [0, 0.05) is 36.6 Å². The van der Waals surface area contributed by atoms with Crippen molar-refractivity contribution in [3.05, 3.63) is 112 Å². The molecule has 1 aromatic heterocycles. The number of fused-ring (bicyclic) bond motifs is 3. The maximum Gasteiger partial charge on any atom is 0.407 e. The van der Waals surface area contributed by atoms with Crippen LogP contribution in [0, 0.1) is 17.3 Å². The van der Waals surface area contributed by atoms with E-state index >= 15 is 0 Å². The van der Waals surface area contributed by atoms with Crippen molar-refractivity contribution in [1.82, 2.24) is 9.62 Å². The highest BCUT2D eigenvalue weighted by Gasteiger charge is 2.53. The molecule has 0 bridgehead atoms. The van der Waals surface area contributed by atoms with Gasteiger partial charge in [0.2, 0.25) is 10.0 Å². The van der Waals surface area contributed by atoms with Gasteiger partial charge in [0.15, 0.2) is 5.79 Å². The second-order valence-corrected chi connectivity index (χ2v) is 24.1. The van der Waals surface area contributed by atoms with Gasteiger partial charge >= 0.3 is 12.1 Å². The van der Waals surface area contributed by atoms with Crippen molar-refractivity contribution in [1.29, 1.82) is 0 Å². The number of aliphatic hydroxyl groups excluding tert-OH is 1. The van der Waals surface area contributed by atoms with E-state index in [1.54, 1.807) is 18.2 Å². The highest BCUT2D eigenvalue weighted by atomic mass is 32.2. The fourth-order valence-corrected chi connectivity index (χ4v) is 13.5. The van der Waals surface area contributed by atoms with Crippen molar-refractivity contribution in [3.63, 3.8) is 0 Å².